The SMILES string of the molecule is O=C1OC(c2ccc(O)cc2)(c2ccc3c(c2)C2(OC(=O)c4ccccc42)c2ccccc2O3)c2ccccc21. The molecule has 6 heteroatoms. The van der Waals surface area contributed by atoms with Crippen LogP contribution in [0.1, 0.15) is 54.1 Å². The van der Waals surface area contributed by atoms with Gasteiger partial charge in [-0.2, -0.15) is 0 Å². The summed E-state index contributed by atoms with van der Waals surface area (Å²) in [5.74, 6) is 0.355. The van der Waals surface area contributed by atoms with E-state index < -0.39 is 23.1 Å². The molecule has 0 aromatic heterocycles. The minimum atomic E-state index is -1.31. The molecule has 2 unspecified atom stereocenters. The van der Waals surface area contributed by atoms with E-state index in [2.05, 4.69) is 0 Å². The summed E-state index contributed by atoms with van der Waals surface area (Å²) in [5, 5.41) is 10.0. The normalized spacial score (nSPS) is 21.5. The molecule has 0 saturated carbocycles. The molecule has 3 aliphatic rings. The molecular weight excluding hydrogens is 504 g/mol. The van der Waals surface area contributed by atoms with Crippen molar-refractivity contribution >= 4 is 11.9 Å². The van der Waals surface area contributed by atoms with Crippen LogP contribution in [-0.4, -0.2) is 17.0 Å². The number of fused-ring (bicyclic) bond motifs is 7. The Kier molecular flexibility index (Phi) is 4.43. The fourth-order valence-electron chi connectivity index (χ4n) is 6.35. The highest BCUT2D eigenvalue weighted by atomic mass is 16.6. The highest BCUT2D eigenvalue weighted by Crippen LogP contribution is 2.57. The van der Waals surface area contributed by atoms with Crippen LogP contribution in [-0.2, 0) is 20.7 Å². The highest BCUT2D eigenvalue weighted by Gasteiger charge is 2.55. The van der Waals surface area contributed by atoms with Crippen molar-refractivity contribution in [1.82, 2.24) is 0 Å². The smallest absolute Gasteiger partial charge is 0.340 e. The number of phenols is 1. The summed E-state index contributed by atoms with van der Waals surface area (Å²) in [6.45, 7) is 0. The number of phenolic OH excluding ortho intramolecular Hbond substituents is 1. The van der Waals surface area contributed by atoms with Crippen molar-refractivity contribution in [3.05, 3.63) is 160 Å². The average molecular weight is 525 g/mol. The predicted octanol–water partition coefficient (Wildman–Crippen LogP) is 6.42. The Morgan fingerprint density at radius 1 is 0.500 bits per heavy atom. The fraction of sp³-hybridized carbons (Fsp3) is 0.0588. The number of carbonyl (C=O) groups is 2. The van der Waals surface area contributed by atoms with Crippen LogP contribution in [0.25, 0.3) is 0 Å². The quantitative estimate of drug-likeness (QED) is 0.268. The van der Waals surface area contributed by atoms with E-state index in [1.807, 2.05) is 72.8 Å². The third-order valence-corrected chi connectivity index (χ3v) is 8.07. The van der Waals surface area contributed by atoms with E-state index in [0.717, 1.165) is 5.56 Å². The lowest BCUT2D eigenvalue weighted by molar-refractivity contribution is 0.0218. The number of benzene rings is 5. The molecule has 6 nitrogen and oxygen atoms in total. The number of aromatic hydroxyl groups is 1. The largest absolute Gasteiger partial charge is 0.508 e. The van der Waals surface area contributed by atoms with Gasteiger partial charge in [-0.15, -0.1) is 0 Å². The maximum absolute atomic E-state index is 13.3. The van der Waals surface area contributed by atoms with Gasteiger partial charge < -0.3 is 19.3 Å². The molecule has 1 N–H and O–H groups in total. The van der Waals surface area contributed by atoms with Crippen molar-refractivity contribution in [2.75, 3.05) is 0 Å². The molecule has 0 radical (unpaired) electrons. The molecular formula is C34H20O6. The second-order valence-corrected chi connectivity index (χ2v) is 10.1. The molecule has 0 saturated heterocycles. The van der Waals surface area contributed by atoms with Crippen molar-refractivity contribution < 1.29 is 28.9 Å². The zero-order valence-corrected chi connectivity index (χ0v) is 21.0. The summed E-state index contributed by atoms with van der Waals surface area (Å²) >= 11 is 0. The number of rotatable bonds is 2. The molecule has 0 bridgehead atoms. The number of hydrogen-bond acceptors (Lipinski definition) is 6. The van der Waals surface area contributed by atoms with Crippen molar-refractivity contribution in [3.8, 4) is 17.2 Å². The van der Waals surface area contributed by atoms with Gasteiger partial charge in [-0.3, -0.25) is 0 Å². The van der Waals surface area contributed by atoms with Gasteiger partial charge in [0.1, 0.15) is 17.2 Å². The van der Waals surface area contributed by atoms with Crippen molar-refractivity contribution in [1.29, 1.82) is 0 Å². The Morgan fingerprint density at radius 2 is 1.02 bits per heavy atom. The van der Waals surface area contributed by atoms with Crippen LogP contribution in [0.4, 0.5) is 0 Å². The number of esters is 2. The van der Waals surface area contributed by atoms with Gasteiger partial charge in [0.2, 0.25) is 0 Å². The first kappa shape index (κ1) is 22.6. The fourth-order valence-corrected chi connectivity index (χ4v) is 6.35. The van der Waals surface area contributed by atoms with Crippen LogP contribution >= 0.6 is 0 Å². The lowest BCUT2D eigenvalue weighted by Crippen LogP contribution is -2.35. The zero-order chi connectivity index (χ0) is 27.1. The predicted molar refractivity (Wildman–Crippen MR) is 145 cm³/mol. The Morgan fingerprint density at radius 3 is 1.73 bits per heavy atom. The summed E-state index contributed by atoms with van der Waals surface area (Å²) in [6.07, 6.45) is 0. The van der Waals surface area contributed by atoms with Crippen LogP contribution < -0.4 is 4.74 Å². The van der Waals surface area contributed by atoms with E-state index in [9.17, 15) is 14.7 Å². The van der Waals surface area contributed by atoms with Gasteiger partial charge in [0.15, 0.2) is 11.2 Å². The lowest BCUT2D eigenvalue weighted by atomic mass is 9.74. The van der Waals surface area contributed by atoms with Crippen LogP contribution in [0.3, 0.4) is 0 Å². The van der Waals surface area contributed by atoms with Crippen LogP contribution in [0.15, 0.2) is 115 Å². The van der Waals surface area contributed by atoms with Crippen LogP contribution in [0.2, 0.25) is 0 Å². The molecule has 5 aromatic rings. The summed E-state index contributed by atoms with van der Waals surface area (Å²) in [6, 6.07) is 34.4. The highest BCUT2D eigenvalue weighted by molar-refractivity contribution is 5.98. The zero-order valence-electron chi connectivity index (χ0n) is 21.0. The van der Waals surface area contributed by atoms with Gasteiger partial charge in [0.05, 0.1) is 11.1 Å². The summed E-state index contributed by atoms with van der Waals surface area (Å²) in [4.78, 5) is 26.5. The minimum Gasteiger partial charge on any atom is -0.508 e. The number of cyclic esters (lactones) is 1. The van der Waals surface area contributed by atoms with E-state index in [4.69, 9.17) is 14.2 Å². The first-order valence-corrected chi connectivity index (χ1v) is 12.9. The monoisotopic (exact) mass is 524 g/mol. The molecule has 1 spiro atoms. The van der Waals surface area contributed by atoms with Crippen LogP contribution in [0, 0.1) is 0 Å². The Hall–Kier alpha value is -5.36. The number of para-hydroxylation sites is 1. The van der Waals surface area contributed by atoms with Gasteiger partial charge >= 0.3 is 11.9 Å². The van der Waals surface area contributed by atoms with E-state index >= 15 is 0 Å². The van der Waals surface area contributed by atoms with Crippen LogP contribution in [0.5, 0.6) is 17.2 Å². The molecule has 3 aliphatic heterocycles. The van der Waals surface area contributed by atoms with E-state index in [-0.39, 0.29) is 5.75 Å². The van der Waals surface area contributed by atoms with Crippen molar-refractivity contribution in [2.24, 2.45) is 0 Å². The first-order valence-electron chi connectivity index (χ1n) is 12.9. The molecule has 0 aliphatic carbocycles. The number of carbonyl (C=O) groups excluding carboxylic acids is 2. The minimum absolute atomic E-state index is 0.0976. The molecule has 0 amide bonds. The second kappa shape index (κ2) is 7.83. The third-order valence-electron chi connectivity index (χ3n) is 8.07. The molecule has 0 fully saturated rings. The number of ether oxygens (including phenoxy) is 3. The lowest BCUT2D eigenvalue weighted by Gasteiger charge is -2.38. The van der Waals surface area contributed by atoms with E-state index in [1.165, 1.54) is 0 Å². The van der Waals surface area contributed by atoms with Crippen molar-refractivity contribution in [2.45, 2.75) is 11.2 Å². The Balaban J connectivity index is 1.44. The summed E-state index contributed by atoms with van der Waals surface area (Å²) in [7, 11) is 0. The number of hydrogen-bond donors (Lipinski definition) is 1. The molecule has 2 atom stereocenters. The van der Waals surface area contributed by atoms with Gasteiger partial charge in [-0.25, -0.2) is 9.59 Å². The maximum Gasteiger partial charge on any atom is 0.340 e. The van der Waals surface area contributed by atoms with Gasteiger partial charge in [-0.05, 0) is 42.5 Å². The van der Waals surface area contributed by atoms with Gasteiger partial charge in [0.25, 0.3) is 0 Å². The summed E-state index contributed by atoms with van der Waals surface area (Å²) < 4.78 is 18.9. The standard InChI is InChI=1S/C34H20O6/c35-22-16-13-20(14-17-22)33(25-9-3-1-7-23(25)31(36)39-33)21-15-18-30-28(19-21)34(27-11-5-6-12-29(27)38-30)26-10-4-2-8-24(26)32(37)40-34/h1-19,35H. The topological polar surface area (TPSA) is 82.1 Å². The second-order valence-electron chi connectivity index (χ2n) is 10.1. The van der Waals surface area contributed by atoms with E-state index in [0.29, 0.717) is 50.4 Å². The Bertz CT molecular complexity index is 1890. The van der Waals surface area contributed by atoms with Gasteiger partial charge in [-0.1, -0.05) is 72.8 Å². The Labute approximate surface area is 229 Å². The van der Waals surface area contributed by atoms with Crippen molar-refractivity contribution in [3.63, 3.8) is 0 Å². The van der Waals surface area contributed by atoms with Gasteiger partial charge in [0, 0.05) is 33.4 Å². The molecule has 40 heavy (non-hydrogen) atoms. The molecule has 192 valence electrons. The molecule has 5 aromatic carbocycles. The van der Waals surface area contributed by atoms with E-state index in [1.54, 1.807) is 42.5 Å². The maximum atomic E-state index is 13.3. The molecule has 3 heterocycles. The summed E-state index contributed by atoms with van der Waals surface area (Å²) in [5.41, 5.74) is 2.43. The third kappa shape index (κ3) is 2.77. The first-order chi connectivity index (χ1) is 19.5. The average Bonchev–Trinajstić information content (AvgIpc) is 3.46. The molecule has 8 rings (SSSR count).